The molecule has 110 valence electrons. The summed E-state index contributed by atoms with van der Waals surface area (Å²) in [7, 11) is 0. The van der Waals surface area contributed by atoms with Gasteiger partial charge in [-0.3, -0.25) is 0 Å². The summed E-state index contributed by atoms with van der Waals surface area (Å²) in [5, 5.41) is 0. The van der Waals surface area contributed by atoms with E-state index in [1.807, 2.05) is 0 Å². The van der Waals surface area contributed by atoms with Gasteiger partial charge in [-0.2, -0.15) is 0 Å². The number of hydrogen-bond acceptors (Lipinski definition) is 2. The molecule has 0 bridgehead atoms. The summed E-state index contributed by atoms with van der Waals surface area (Å²) in [5.74, 6) is 1.96. The highest BCUT2D eigenvalue weighted by Gasteiger charge is 2.38. The van der Waals surface area contributed by atoms with Gasteiger partial charge in [0, 0.05) is 6.42 Å². The summed E-state index contributed by atoms with van der Waals surface area (Å²) >= 11 is 0. The highest BCUT2D eigenvalue weighted by atomic mass is 16.5. The lowest BCUT2D eigenvalue weighted by Crippen LogP contribution is -2.39. The summed E-state index contributed by atoms with van der Waals surface area (Å²) in [4.78, 5) is 0. The molecule has 2 nitrogen and oxygen atoms in total. The molecular weight excluding hydrogens is 246 g/mol. The summed E-state index contributed by atoms with van der Waals surface area (Å²) in [6, 6.07) is 8.46. The van der Waals surface area contributed by atoms with Gasteiger partial charge < -0.3 is 10.5 Å². The Bertz CT molecular complexity index is 433. The SMILES string of the molecule is CCC1CCCC(CN)(CC2Cc3ccccc3O2)C1. The predicted octanol–water partition coefficient (Wildman–Crippen LogP) is 3.93. The number of fused-ring (bicyclic) bond motifs is 1. The third-order valence-electron chi connectivity index (χ3n) is 5.43. The summed E-state index contributed by atoms with van der Waals surface area (Å²) < 4.78 is 6.15. The van der Waals surface area contributed by atoms with Crippen molar-refractivity contribution in [3.63, 3.8) is 0 Å². The van der Waals surface area contributed by atoms with Gasteiger partial charge in [-0.25, -0.2) is 0 Å². The minimum Gasteiger partial charge on any atom is -0.490 e. The first-order valence-electron chi connectivity index (χ1n) is 8.19. The molecule has 1 saturated carbocycles. The van der Waals surface area contributed by atoms with Gasteiger partial charge in [-0.15, -0.1) is 0 Å². The van der Waals surface area contributed by atoms with Crippen LogP contribution in [0.4, 0.5) is 0 Å². The fraction of sp³-hybridized carbons (Fsp3) is 0.667. The van der Waals surface area contributed by atoms with E-state index in [4.69, 9.17) is 10.5 Å². The number of hydrogen-bond donors (Lipinski definition) is 1. The van der Waals surface area contributed by atoms with Crippen LogP contribution in [0.15, 0.2) is 24.3 Å². The fourth-order valence-corrected chi connectivity index (χ4v) is 4.24. The summed E-state index contributed by atoms with van der Waals surface area (Å²) in [5.41, 5.74) is 7.88. The molecular formula is C18H27NO. The third-order valence-corrected chi connectivity index (χ3v) is 5.43. The Kier molecular flexibility index (Phi) is 4.02. The normalized spacial score (nSPS) is 32.7. The molecule has 3 unspecified atom stereocenters. The summed E-state index contributed by atoms with van der Waals surface area (Å²) in [6.07, 6.45) is 9.16. The molecule has 1 aromatic carbocycles. The van der Waals surface area contributed by atoms with Crippen LogP contribution in [0, 0.1) is 11.3 Å². The van der Waals surface area contributed by atoms with Crippen LogP contribution in [-0.4, -0.2) is 12.6 Å². The van der Waals surface area contributed by atoms with Crippen molar-refractivity contribution < 1.29 is 4.74 Å². The molecule has 0 saturated heterocycles. The second-order valence-electron chi connectivity index (χ2n) is 6.83. The van der Waals surface area contributed by atoms with E-state index in [0.29, 0.717) is 11.5 Å². The molecule has 3 atom stereocenters. The second kappa shape index (κ2) is 5.77. The van der Waals surface area contributed by atoms with Gasteiger partial charge in [0.1, 0.15) is 11.9 Å². The van der Waals surface area contributed by atoms with E-state index in [1.54, 1.807) is 0 Å². The molecule has 1 heterocycles. The Labute approximate surface area is 122 Å². The standard InChI is InChI=1S/C18H27NO/c1-2-14-6-5-9-18(11-14,13-19)12-16-10-15-7-3-4-8-17(15)20-16/h3-4,7-8,14,16H,2,5-6,9-13,19H2,1H3. The van der Waals surface area contributed by atoms with Crippen LogP contribution in [-0.2, 0) is 6.42 Å². The molecule has 1 aromatic rings. The molecule has 20 heavy (non-hydrogen) atoms. The van der Waals surface area contributed by atoms with Crippen molar-refractivity contribution in [2.45, 2.75) is 58.0 Å². The first kappa shape index (κ1) is 13.9. The molecule has 2 heteroatoms. The van der Waals surface area contributed by atoms with Crippen LogP contribution in [0.1, 0.15) is 51.0 Å². The van der Waals surface area contributed by atoms with E-state index < -0.39 is 0 Å². The number of rotatable bonds is 4. The van der Waals surface area contributed by atoms with Gasteiger partial charge in [-0.05, 0) is 48.8 Å². The lowest BCUT2D eigenvalue weighted by Gasteiger charge is -2.41. The van der Waals surface area contributed by atoms with E-state index in [2.05, 4.69) is 31.2 Å². The molecule has 1 aliphatic heterocycles. The monoisotopic (exact) mass is 273 g/mol. The maximum atomic E-state index is 6.18. The molecule has 3 rings (SSSR count). The molecule has 1 aliphatic carbocycles. The highest BCUT2D eigenvalue weighted by molar-refractivity contribution is 5.37. The Morgan fingerprint density at radius 2 is 2.20 bits per heavy atom. The highest BCUT2D eigenvalue weighted by Crippen LogP contribution is 2.45. The van der Waals surface area contributed by atoms with Crippen LogP contribution in [0.5, 0.6) is 5.75 Å². The smallest absolute Gasteiger partial charge is 0.123 e. The lowest BCUT2D eigenvalue weighted by atomic mass is 9.66. The van der Waals surface area contributed by atoms with Gasteiger partial charge in [0.05, 0.1) is 0 Å². The van der Waals surface area contributed by atoms with Gasteiger partial charge in [-0.1, -0.05) is 44.4 Å². The minimum absolute atomic E-state index is 0.325. The zero-order valence-corrected chi connectivity index (χ0v) is 12.6. The zero-order chi connectivity index (χ0) is 14.0. The van der Waals surface area contributed by atoms with Gasteiger partial charge in [0.15, 0.2) is 0 Å². The van der Waals surface area contributed by atoms with Crippen molar-refractivity contribution in [3.8, 4) is 5.75 Å². The summed E-state index contributed by atoms with van der Waals surface area (Å²) in [6.45, 7) is 3.14. The van der Waals surface area contributed by atoms with Crippen LogP contribution in [0.2, 0.25) is 0 Å². The van der Waals surface area contributed by atoms with Crippen molar-refractivity contribution in [1.29, 1.82) is 0 Å². The predicted molar refractivity (Wildman–Crippen MR) is 82.9 cm³/mol. The number of benzene rings is 1. The van der Waals surface area contributed by atoms with Crippen molar-refractivity contribution >= 4 is 0 Å². The zero-order valence-electron chi connectivity index (χ0n) is 12.6. The lowest BCUT2D eigenvalue weighted by molar-refractivity contribution is 0.0769. The van der Waals surface area contributed by atoms with E-state index in [-0.39, 0.29) is 0 Å². The average Bonchev–Trinajstić information content (AvgIpc) is 2.89. The van der Waals surface area contributed by atoms with Crippen molar-refractivity contribution in [1.82, 2.24) is 0 Å². The topological polar surface area (TPSA) is 35.2 Å². The van der Waals surface area contributed by atoms with Crippen LogP contribution in [0.3, 0.4) is 0 Å². The van der Waals surface area contributed by atoms with Crippen LogP contribution < -0.4 is 10.5 Å². The van der Waals surface area contributed by atoms with Gasteiger partial charge in [0.25, 0.3) is 0 Å². The molecule has 1 fully saturated rings. The second-order valence-corrected chi connectivity index (χ2v) is 6.83. The van der Waals surface area contributed by atoms with E-state index in [1.165, 1.54) is 37.7 Å². The maximum absolute atomic E-state index is 6.18. The Morgan fingerprint density at radius 1 is 1.35 bits per heavy atom. The Balaban J connectivity index is 1.67. The van der Waals surface area contributed by atoms with Crippen molar-refractivity contribution in [3.05, 3.63) is 29.8 Å². The molecule has 2 N–H and O–H groups in total. The maximum Gasteiger partial charge on any atom is 0.123 e. The molecule has 0 aromatic heterocycles. The van der Waals surface area contributed by atoms with Gasteiger partial charge in [0.2, 0.25) is 0 Å². The van der Waals surface area contributed by atoms with E-state index in [9.17, 15) is 0 Å². The average molecular weight is 273 g/mol. The van der Waals surface area contributed by atoms with E-state index in [0.717, 1.165) is 31.1 Å². The van der Waals surface area contributed by atoms with Gasteiger partial charge >= 0.3 is 0 Å². The fourth-order valence-electron chi connectivity index (χ4n) is 4.24. The first-order valence-corrected chi connectivity index (χ1v) is 8.19. The minimum atomic E-state index is 0.325. The van der Waals surface area contributed by atoms with E-state index >= 15 is 0 Å². The number of para-hydroxylation sites is 1. The van der Waals surface area contributed by atoms with Crippen molar-refractivity contribution in [2.24, 2.45) is 17.1 Å². The third kappa shape index (κ3) is 2.71. The number of nitrogens with two attached hydrogens (primary N) is 1. The molecule has 0 spiro atoms. The van der Waals surface area contributed by atoms with Crippen molar-refractivity contribution in [2.75, 3.05) is 6.54 Å². The Hall–Kier alpha value is -1.02. The largest absolute Gasteiger partial charge is 0.490 e. The Morgan fingerprint density at radius 3 is 2.95 bits per heavy atom. The number of ether oxygens (including phenoxy) is 1. The quantitative estimate of drug-likeness (QED) is 0.902. The van der Waals surface area contributed by atoms with Crippen LogP contribution in [0.25, 0.3) is 0 Å². The van der Waals surface area contributed by atoms with Crippen LogP contribution >= 0.6 is 0 Å². The molecule has 0 radical (unpaired) electrons. The first-order chi connectivity index (χ1) is 9.74. The molecule has 0 amide bonds. The molecule has 2 aliphatic rings.